The first-order valence-corrected chi connectivity index (χ1v) is 9.23. The van der Waals surface area contributed by atoms with Crippen LogP contribution >= 0.6 is 7.60 Å². The SMILES string of the molecule is COP(=O)(Oc1ccc(-c2ccc(C)cc2)cc1)c1ccccc1. The van der Waals surface area contributed by atoms with Gasteiger partial charge in [0.25, 0.3) is 0 Å². The molecule has 4 heteroatoms. The van der Waals surface area contributed by atoms with Crippen LogP contribution in [0.5, 0.6) is 5.75 Å². The van der Waals surface area contributed by atoms with Gasteiger partial charge in [0, 0.05) is 7.11 Å². The second-order valence-corrected chi connectivity index (χ2v) is 7.56. The van der Waals surface area contributed by atoms with Gasteiger partial charge in [0.15, 0.2) is 0 Å². The fraction of sp³-hybridized carbons (Fsp3) is 0.100. The molecule has 0 radical (unpaired) electrons. The largest absolute Gasteiger partial charge is 0.421 e. The minimum absolute atomic E-state index is 0.514. The fourth-order valence-electron chi connectivity index (χ4n) is 2.40. The Kier molecular flexibility index (Phi) is 4.84. The van der Waals surface area contributed by atoms with Gasteiger partial charge in [-0.2, -0.15) is 0 Å². The molecule has 0 aliphatic carbocycles. The van der Waals surface area contributed by atoms with Crippen LogP contribution in [0.2, 0.25) is 0 Å². The first-order valence-electron chi connectivity index (χ1n) is 7.69. The van der Waals surface area contributed by atoms with Gasteiger partial charge in [0.1, 0.15) is 5.75 Å². The van der Waals surface area contributed by atoms with Crippen molar-refractivity contribution in [2.24, 2.45) is 0 Å². The van der Waals surface area contributed by atoms with Gasteiger partial charge in [-0.25, -0.2) is 4.57 Å². The summed E-state index contributed by atoms with van der Waals surface area (Å²) in [6, 6.07) is 24.8. The first-order chi connectivity index (χ1) is 11.6. The van der Waals surface area contributed by atoms with Crippen LogP contribution in [-0.4, -0.2) is 7.11 Å². The molecule has 0 saturated carbocycles. The van der Waals surface area contributed by atoms with Gasteiger partial charge < -0.3 is 4.52 Å². The van der Waals surface area contributed by atoms with Crippen LogP contribution in [0, 0.1) is 6.92 Å². The van der Waals surface area contributed by atoms with E-state index in [9.17, 15) is 4.57 Å². The number of hydrogen-bond donors (Lipinski definition) is 0. The molecule has 1 atom stereocenters. The Labute approximate surface area is 142 Å². The molecule has 0 spiro atoms. The lowest BCUT2D eigenvalue weighted by Crippen LogP contribution is -2.10. The van der Waals surface area contributed by atoms with Crippen LogP contribution < -0.4 is 9.83 Å². The lowest BCUT2D eigenvalue weighted by molar-refractivity contribution is 0.334. The molecule has 0 fully saturated rings. The maximum Gasteiger partial charge on any atom is 0.410 e. The highest BCUT2D eigenvalue weighted by Crippen LogP contribution is 2.46. The minimum atomic E-state index is -3.37. The zero-order chi connectivity index (χ0) is 17.0. The molecular formula is C20H19O3P. The van der Waals surface area contributed by atoms with Crippen molar-refractivity contribution in [1.82, 2.24) is 0 Å². The minimum Gasteiger partial charge on any atom is -0.421 e. The van der Waals surface area contributed by atoms with E-state index >= 15 is 0 Å². The maximum atomic E-state index is 12.9. The van der Waals surface area contributed by atoms with Crippen LogP contribution in [0.15, 0.2) is 78.9 Å². The molecule has 122 valence electrons. The van der Waals surface area contributed by atoms with E-state index in [1.54, 1.807) is 12.1 Å². The van der Waals surface area contributed by atoms with Gasteiger partial charge in [-0.15, -0.1) is 0 Å². The van der Waals surface area contributed by atoms with Gasteiger partial charge in [-0.3, -0.25) is 4.52 Å². The Morgan fingerprint density at radius 3 is 1.83 bits per heavy atom. The highest BCUT2D eigenvalue weighted by molar-refractivity contribution is 7.62. The van der Waals surface area contributed by atoms with Crippen LogP contribution in [-0.2, 0) is 9.09 Å². The quantitative estimate of drug-likeness (QED) is 0.599. The third-order valence-corrected chi connectivity index (χ3v) is 5.64. The molecule has 0 heterocycles. The summed E-state index contributed by atoms with van der Waals surface area (Å²) in [5.74, 6) is 0.514. The zero-order valence-corrected chi connectivity index (χ0v) is 14.6. The van der Waals surface area contributed by atoms with Crippen LogP contribution in [0.1, 0.15) is 5.56 Å². The molecule has 0 aliphatic heterocycles. The fourth-order valence-corrected chi connectivity index (χ4v) is 3.73. The standard InChI is InChI=1S/C20H19O3P/c1-16-8-10-17(11-9-16)18-12-14-19(15-13-18)23-24(21,22-2)20-6-4-3-5-7-20/h3-15H,1-2H3. The van der Waals surface area contributed by atoms with Crippen LogP contribution in [0.3, 0.4) is 0 Å². The lowest BCUT2D eigenvalue weighted by atomic mass is 10.0. The topological polar surface area (TPSA) is 35.5 Å². The third kappa shape index (κ3) is 3.59. The van der Waals surface area contributed by atoms with E-state index < -0.39 is 7.60 Å². The van der Waals surface area contributed by atoms with Gasteiger partial charge in [0.2, 0.25) is 0 Å². The van der Waals surface area contributed by atoms with E-state index in [4.69, 9.17) is 9.05 Å². The predicted molar refractivity (Wildman–Crippen MR) is 97.9 cm³/mol. The van der Waals surface area contributed by atoms with Crippen molar-refractivity contribution in [2.75, 3.05) is 7.11 Å². The van der Waals surface area contributed by atoms with Crippen molar-refractivity contribution in [2.45, 2.75) is 6.92 Å². The number of aryl methyl sites for hydroxylation is 1. The molecule has 0 saturated heterocycles. The molecule has 0 bridgehead atoms. The Morgan fingerprint density at radius 2 is 1.29 bits per heavy atom. The van der Waals surface area contributed by atoms with Crippen molar-refractivity contribution in [3.8, 4) is 16.9 Å². The lowest BCUT2D eigenvalue weighted by Gasteiger charge is -2.17. The third-order valence-electron chi connectivity index (χ3n) is 3.78. The van der Waals surface area contributed by atoms with Crippen molar-refractivity contribution >= 4 is 12.9 Å². The normalized spacial score (nSPS) is 13.2. The van der Waals surface area contributed by atoms with Crippen molar-refractivity contribution < 1.29 is 13.6 Å². The summed E-state index contributed by atoms with van der Waals surface area (Å²) in [7, 11) is -1.97. The molecule has 0 aliphatic rings. The Hall–Kier alpha value is -2.35. The molecule has 0 N–H and O–H groups in total. The molecule has 3 nitrogen and oxygen atoms in total. The van der Waals surface area contributed by atoms with E-state index in [1.165, 1.54) is 12.7 Å². The first kappa shape index (κ1) is 16.5. The Morgan fingerprint density at radius 1 is 0.750 bits per heavy atom. The molecule has 3 aromatic rings. The van der Waals surface area contributed by atoms with E-state index in [0.717, 1.165) is 11.1 Å². The molecule has 0 aromatic heterocycles. The number of rotatable bonds is 5. The maximum absolute atomic E-state index is 12.9. The van der Waals surface area contributed by atoms with Crippen molar-refractivity contribution in [3.63, 3.8) is 0 Å². The second kappa shape index (κ2) is 7.04. The predicted octanol–water partition coefficient (Wildman–Crippen LogP) is 5.21. The average molecular weight is 338 g/mol. The molecule has 3 aromatic carbocycles. The number of hydrogen-bond acceptors (Lipinski definition) is 3. The van der Waals surface area contributed by atoms with Crippen LogP contribution in [0.25, 0.3) is 11.1 Å². The Balaban J connectivity index is 1.83. The highest BCUT2D eigenvalue weighted by atomic mass is 31.2. The molecule has 1 unspecified atom stereocenters. The van der Waals surface area contributed by atoms with E-state index in [1.807, 2.05) is 42.5 Å². The molecule has 24 heavy (non-hydrogen) atoms. The smallest absolute Gasteiger partial charge is 0.410 e. The average Bonchev–Trinajstić information content (AvgIpc) is 2.64. The monoisotopic (exact) mass is 338 g/mol. The number of benzene rings is 3. The van der Waals surface area contributed by atoms with Gasteiger partial charge in [-0.05, 0) is 42.3 Å². The van der Waals surface area contributed by atoms with Gasteiger partial charge in [-0.1, -0.05) is 60.2 Å². The van der Waals surface area contributed by atoms with Gasteiger partial charge >= 0.3 is 7.60 Å². The van der Waals surface area contributed by atoms with Gasteiger partial charge in [0.05, 0.1) is 5.30 Å². The summed E-state index contributed by atoms with van der Waals surface area (Å²) in [5, 5.41) is 0.537. The molecular weight excluding hydrogens is 319 g/mol. The second-order valence-electron chi connectivity index (χ2n) is 5.50. The molecule has 0 amide bonds. The van der Waals surface area contributed by atoms with E-state index in [0.29, 0.717) is 11.1 Å². The summed E-state index contributed by atoms with van der Waals surface area (Å²) in [6.07, 6.45) is 0. The summed E-state index contributed by atoms with van der Waals surface area (Å²) >= 11 is 0. The Bertz CT molecular complexity index is 840. The van der Waals surface area contributed by atoms with E-state index in [2.05, 4.69) is 31.2 Å². The summed E-state index contributed by atoms with van der Waals surface area (Å²) in [6.45, 7) is 2.06. The van der Waals surface area contributed by atoms with Crippen molar-refractivity contribution in [3.05, 3.63) is 84.4 Å². The van der Waals surface area contributed by atoms with Crippen LogP contribution in [0.4, 0.5) is 0 Å². The summed E-state index contributed by atoms with van der Waals surface area (Å²) in [4.78, 5) is 0. The summed E-state index contributed by atoms with van der Waals surface area (Å²) in [5.41, 5.74) is 3.43. The molecule has 3 rings (SSSR count). The van der Waals surface area contributed by atoms with Crippen molar-refractivity contribution in [1.29, 1.82) is 0 Å². The summed E-state index contributed by atoms with van der Waals surface area (Å²) < 4.78 is 23.8. The zero-order valence-electron chi connectivity index (χ0n) is 13.7. The van der Waals surface area contributed by atoms with E-state index in [-0.39, 0.29) is 0 Å². The highest BCUT2D eigenvalue weighted by Gasteiger charge is 2.27.